The van der Waals surface area contributed by atoms with Crippen LogP contribution in [-0.4, -0.2) is 19.1 Å². The van der Waals surface area contributed by atoms with Gasteiger partial charge in [0.1, 0.15) is 0 Å². The van der Waals surface area contributed by atoms with Gasteiger partial charge >= 0.3 is 0 Å². The van der Waals surface area contributed by atoms with Crippen molar-refractivity contribution in [1.29, 1.82) is 0 Å². The van der Waals surface area contributed by atoms with Crippen molar-refractivity contribution in [1.82, 2.24) is 4.98 Å². The Labute approximate surface area is 114 Å². The molecule has 3 nitrogen and oxygen atoms in total. The molecule has 2 aromatic heterocycles. The monoisotopic (exact) mass is 311 g/mol. The van der Waals surface area contributed by atoms with E-state index in [2.05, 4.69) is 37.0 Å². The molecule has 1 N–H and O–H groups in total. The second kappa shape index (κ2) is 5.51. The maximum atomic E-state index is 4.35. The summed E-state index contributed by atoms with van der Waals surface area (Å²) in [6.07, 6.45) is 1.81. The van der Waals surface area contributed by atoms with Gasteiger partial charge in [0, 0.05) is 36.7 Å². The summed E-state index contributed by atoms with van der Waals surface area (Å²) >= 11 is 5.23. The molecule has 5 heteroatoms. The lowest BCUT2D eigenvalue weighted by atomic mass is 10.3. The van der Waals surface area contributed by atoms with Crippen molar-refractivity contribution in [3.8, 4) is 0 Å². The molecule has 2 rings (SSSR count). The van der Waals surface area contributed by atoms with Gasteiger partial charge in [0.25, 0.3) is 0 Å². The highest BCUT2D eigenvalue weighted by Gasteiger charge is 2.06. The summed E-state index contributed by atoms with van der Waals surface area (Å²) in [7, 11) is 3.99. The van der Waals surface area contributed by atoms with Gasteiger partial charge in [-0.2, -0.15) is 11.3 Å². The first-order valence-corrected chi connectivity index (χ1v) is 6.99. The molecule has 0 bridgehead atoms. The molecule has 0 saturated heterocycles. The lowest BCUT2D eigenvalue weighted by Crippen LogP contribution is -2.13. The Morgan fingerprint density at radius 1 is 1.41 bits per heavy atom. The summed E-state index contributed by atoms with van der Waals surface area (Å²) in [6, 6.07) is 3.99. The fourth-order valence-corrected chi connectivity index (χ4v) is 2.96. The topological polar surface area (TPSA) is 28.2 Å². The number of hydrogen-bond acceptors (Lipinski definition) is 4. The van der Waals surface area contributed by atoms with Crippen LogP contribution in [0, 0.1) is 0 Å². The van der Waals surface area contributed by atoms with Crippen molar-refractivity contribution in [3.05, 3.63) is 39.1 Å². The smallest absolute Gasteiger partial charge is 0.151 e. The first kappa shape index (κ1) is 12.4. The van der Waals surface area contributed by atoms with Crippen molar-refractivity contribution < 1.29 is 0 Å². The third-order valence-electron chi connectivity index (χ3n) is 2.37. The van der Waals surface area contributed by atoms with E-state index in [0.29, 0.717) is 0 Å². The normalized spacial score (nSPS) is 10.3. The van der Waals surface area contributed by atoms with Crippen LogP contribution in [0.15, 0.2) is 33.6 Å². The Hall–Kier alpha value is -1.07. The summed E-state index contributed by atoms with van der Waals surface area (Å²) in [5, 5.41) is 7.64. The van der Waals surface area contributed by atoms with Gasteiger partial charge in [-0.25, -0.2) is 4.98 Å². The predicted molar refractivity (Wildman–Crippen MR) is 77.9 cm³/mol. The second-order valence-corrected chi connectivity index (χ2v) is 5.47. The van der Waals surface area contributed by atoms with Gasteiger partial charge in [-0.15, -0.1) is 0 Å². The van der Waals surface area contributed by atoms with Gasteiger partial charge in [0.15, 0.2) is 5.82 Å². The van der Waals surface area contributed by atoms with E-state index in [0.717, 1.165) is 22.5 Å². The summed E-state index contributed by atoms with van der Waals surface area (Å²) in [5.74, 6) is 0.957. The lowest BCUT2D eigenvalue weighted by molar-refractivity contribution is 1.05. The highest BCUT2D eigenvalue weighted by atomic mass is 79.9. The molecule has 90 valence electrons. The van der Waals surface area contributed by atoms with E-state index in [1.165, 1.54) is 5.56 Å². The number of hydrogen-bond donors (Lipinski definition) is 1. The zero-order valence-electron chi connectivity index (χ0n) is 9.77. The minimum atomic E-state index is 0.802. The van der Waals surface area contributed by atoms with Gasteiger partial charge < -0.3 is 10.2 Å². The van der Waals surface area contributed by atoms with Crippen LogP contribution < -0.4 is 10.2 Å². The minimum absolute atomic E-state index is 0.802. The molecule has 0 aliphatic heterocycles. The summed E-state index contributed by atoms with van der Waals surface area (Å²) in [4.78, 5) is 6.36. The number of nitrogens with one attached hydrogen (secondary N) is 1. The molecule has 0 aromatic carbocycles. The average Bonchev–Trinajstić information content (AvgIpc) is 2.72. The Kier molecular flexibility index (Phi) is 4.02. The summed E-state index contributed by atoms with van der Waals surface area (Å²) < 4.78 is 1.16. The van der Waals surface area contributed by atoms with Crippen LogP contribution in [0.3, 0.4) is 0 Å². The largest absolute Gasteiger partial charge is 0.378 e. The molecule has 0 spiro atoms. The minimum Gasteiger partial charge on any atom is -0.378 e. The standard InChI is InChI=1S/C12H14BrN3S/c1-16(2)12-11(4-3-5-14-12)15-6-9-7-17-8-10(9)13/h3-5,7-8,15H,6H2,1-2H3. The fraction of sp³-hybridized carbons (Fsp3) is 0.250. The summed E-state index contributed by atoms with van der Waals surface area (Å²) in [6.45, 7) is 0.802. The number of halogens is 1. The van der Waals surface area contributed by atoms with Gasteiger partial charge in [0.05, 0.1) is 5.69 Å². The van der Waals surface area contributed by atoms with E-state index < -0.39 is 0 Å². The Morgan fingerprint density at radius 2 is 2.24 bits per heavy atom. The molecule has 0 fully saturated rings. The second-order valence-electron chi connectivity index (χ2n) is 3.87. The van der Waals surface area contributed by atoms with Crippen LogP contribution in [-0.2, 0) is 6.54 Å². The van der Waals surface area contributed by atoms with Crippen LogP contribution in [0.5, 0.6) is 0 Å². The Morgan fingerprint density at radius 3 is 2.88 bits per heavy atom. The highest BCUT2D eigenvalue weighted by molar-refractivity contribution is 9.10. The molecule has 0 atom stereocenters. The number of nitrogens with zero attached hydrogens (tertiary/aromatic N) is 2. The first-order chi connectivity index (χ1) is 8.18. The van der Waals surface area contributed by atoms with Crippen LogP contribution in [0.2, 0.25) is 0 Å². The number of aromatic nitrogens is 1. The number of pyridine rings is 1. The van der Waals surface area contributed by atoms with Crippen LogP contribution >= 0.6 is 27.3 Å². The quantitative estimate of drug-likeness (QED) is 0.935. The van der Waals surface area contributed by atoms with Gasteiger partial charge in [-0.1, -0.05) is 0 Å². The van der Waals surface area contributed by atoms with E-state index in [1.54, 1.807) is 17.5 Å². The van der Waals surface area contributed by atoms with Gasteiger partial charge in [-0.3, -0.25) is 0 Å². The molecule has 0 saturated carbocycles. The van der Waals surface area contributed by atoms with Gasteiger partial charge in [-0.05, 0) is 39.0 Å². The van der Waals surface area contributed by atoms with Crippen LogP contribution in [0.4, 0.5) is 11.5 Å². The molecule has 0 aliphatic carbocycles. The van der Waals surface area contributed by atoms with Crippen molar-refractivity contribution in [2.75, 3.05) is 24.3 Å². The maximum absolute atomic E-state index is 4.35. The van der Waals surface area contributed by atoms with Crippen molar-refractivity contribution >= 4 is 38.8 Å². The molecular weight excluding hydrogens is 298 g/mol. The molecule has 0 radical (unpaired) electrons. The van der Waals surface area contributed by atoms with E-state index in [4.69, 9.17) is 0 Å². The number of anilines is 2. The average molecular weight is 312 g/mol. The molecule has 2 heterocycles. The Balaban J connectivity index is 2.11. The third kappa shape index (κ3) is 2.98. The molecule has 2 aromatic rings. The number of rotatable bonds is 4. The summed E-state index contributed by atoms with van der Waals surface area (Å²) in [5.41, 5.74) is 2.32. The van der Waals surface area contributed by atoms with Crippen molar-refractivity contribution in [2.24, 2.45) is 0 Å². The van der Waals surface area contributed by atoms with Crippen molar-refractivity contribution in [2.45, 2.75) is 6.54 Å². The molecule has 0 aliphatic rings. The predicted octanol–water partition coefficient (Wildman–Crippen LogP) is 3.58. The number of thiophene rings is 1. The van der Waals surface area contributed by atoms with E-state index in [1.807, 2.05) is 31.1 Å². The van der Waals surface area contributed by atoms with Crippen molar-refractivity contribution in [3.63, 3.8) is 0 Å². The molecular formula is C12H14BrN3S. The Bertz CT molecular complexity index is 496. The van der Waals surface area contributed by atoms with E-state index >= 15 is 0 Å². The SMILES string of the molecule is CN(C)c1ncccc1NCc1cscc1Br. The van der Waals surface area contributed by atoms with E-state index in [9.17, 15) is 0 Å². The lowest BCUT2D eigenvalue weighted by Gasteiger charge is -2.16. The zero-order valence-corrected chi connectivity index (χ0v) is 12.2. The van der Waals surface area contributed by atoms with Crippen LogP contribution in [0.1, 0.15) is 5.56 Å². The van der Waals surface area contributed by atoms with Crippen LogP contribution in [0.25, 0.3) is 0 Å². The highest BCUT2D eigenvalue weighted by Crippen LogP contribution is 2.25. The maximum Gasteiger partial charge on any atom is 0.151 e. The third-order valence-corrected chi connectivity index (χ3v) is 4.20. The molecule has 0 unspecified atom stereocenters. The zero-order chi connectivity index (χ0) is 12.3. The van der Waals surface area contributed by atoms with Gasteiger partial charge in [0.2, 0.25) is 0 Å². The molecule has 17 heavy (non-hydrogen) atoms. The van der Waals surface area contributed by atoms with E-state index in [-0.39, 0.29) is 0 Å². The molecule has 0 amide bonds. The fourth-order valence-electron chi connectivity index (χ4n) is 1.52. The first-order valence-electron chi connectivity index (χ1n) is 5.25.